The van der Waals surface area contributed by atoms with E-state index in [-0.39, 0.29) is 0 Å². The molecule has 0 aromatic heterocycles. The summed E-state index contributed by atoms with van der Waals surface area (Å²) in [4.78, 5) is 0. The minimum atomic E-state index is 1.18. The monoisotopic (exact) mass is 308 g/mol. The SMILES string of the molecule is C=Cc1ccccc1-c1ccccc1.c1ccc2ccccc2c1. The first kappa shape index (κ1) is 15.8. The van der Waals surface area contributed by atoms with Crippen molar-refractivity contribution in [3.63, 3.8) is 0 Å². The van der Waals surface area contributed by atoms with Gasteiger partial charge in [0.2, 0.25) is 0 Å². The second-order valence-corrected chi connectivity index (χ2v) is 5.50. The Labute approximate surface area is 143 Å². The molecule has 0 heteroatoms. The van der Waals surface area contributed by atoms with Crippen molar-refractivity contribution in [2.75, 3.05) is 0 Å². The fraction of sp³-hybridized carbons (Fsp3) is 0. The number of benzene rings is 4. The van der Waals surface area contributed by atoms with Crippen LogP contribution in [0.2, 0.25) is 0 Å². The van der Waals surface area contributed by atoms with E-state index in [2.05, 4.69) is 97.6 Å². The molecule has 0 aliphatic rings. The number of hydrogen-bond acceptors (Lipinski definition) is 0. The summed E-state index contributed by atoms with van der Waals surface area (Å²) < 4.78 is 0. The summed E-state index contributed by atoms with van der Waals surface area (Å²) in [5.74, 6) is 0. The highest BCUT2D eigenvalue weighted by Crippen LogP contribution is 2.23. The molecule has 0 fully saturated rings. The van der Waals surface area contributed by atoms with E-state index < -0.39 is 0 Å². The van der Waals surface area contributed by atoms with Crippen LogP contribution < -0.4 is 0 Å². The largest absolute Gasteiger partial charge is 0.0984 e. The maximum absolute atomic E-state index is 3.82. The average molecular weight is 308 g/mol. The van der Waals surface area contributed by atoms with Crippen molar-refractivity contribution < 1.29 is 0 Å². The summed E-state index contributed by atoms with van der Waals surface area (Å²) >= 11 is 0. The summed E-state index contributed by atoms with van der Waals surface area (Å²) in [5.41, 5.74) is 3.66. The lowest BCUT2D eigenvalue weighted by atomic mass is 10.00. The predicted molar refractivity (Wildman–Crippen MR) is 106 cm³/mol. The summed E-state index contributed by atoms with van der Waals surface area (Å²) in [6.45, 7) is 3.82. The molecule has 0 aliphatic carbocycles. The van der Waals surface area contributed by atoms with E-state index in [1.165, 1.54) is 27.5 Å². The molecule has 0 amide bonds. The van der Waals surface area contributed by atoms with Gasteiger partial charge in [0.15, 0.2) is 0 Å². The number of hydrogen-bond donors (Lipinski definition) is 0. The minimum Gasteiger partial charge on any atom is -0.0984 e. The molecular weight excluding hydrogens is 288 g/mol. The summed E-state index contributed by atoms with van der Waals surface area (Å²) in [5, 5.41) is 2.62. The molecule has 4 aromatic rings. The first-order valence-electron chi connectivity index (χ1n) is 8.09. The Balaban J connectivity index is 0.000000149. The van der Waals surface area contributed by atoms with E-state index in [1.54, 1.807) is 0 Å². The summed E-state index contributed by atoms with van der Waals surface area (Å²) in [6.07, 6.45) is 1.89. The Morgan fingerprint density at radius 3 is 1.50 bits per heavy atom. The molecule has 0 aliphatic heterocycles. The molecule has 116 valence electrons. The highest BCUT2D eigenvalue weighted by atomic mass is 14.0. The van der Waals surface area contributed by atoms with Crippen LogP contribution in [0.5, 0.6) is 0 Å². The predicted octanol–water partition coefficient (Wildman–Crippen LogP) is 6.84. The Morgan fingerprint density at radius 2 is 0.958 bits per heavy atom. The molecule has 24 heavy (non-hydrogen) atoms. The minimum absolute atomic E-state index is 1.18. The molecule has 4 aromatic carbocycles. The van der Waals surface area contributed by atoms with Gasteiger partial charge in [0.05, 0.1) is 0 Å². The lowest BCUT2D eigenvalue weighted by Gasteiger charge is -2.04. The molecule has 0 bridgehead atoms. The van der Waals surface area contributed by atoms with E-state index in [0.29, 0.717) is 0 Å². The third-order valence-electron chi connectivity index (χ3n) is 3.92. The van der Waals surface area contributed by atoms with Gasteiger partial charge in [-0.15, -0.1) is 0 Å². The second-order valence-electron chi connectivity index (χ2n) is 5.50. The van der Waals surface area contributed by atoms with Gasteiger partial charge in [-0.25, -0.2) is 0 Å². The third kappa shape index (κ3) is 3.80. The van der Waals surface area contributed by atoms with Crippen molar-refractivity contribution in [1.82, 2.24) is 0 Å². The topological polar surface area (TPSA) is 0 Å². The van der Waals surface area contributed by atoms with Gasteiger partial charge in [-0.05, 0) is 27.5 Å². The molecule has 0 atom stereocenters. The van der Waals surface area contributed by atoms with Crippen LogP contribution in [0.1, 0.15) is 5.56 Å². The Morgan fingerprint density at radius 1 is 0.500 bits per heavy atom. The van der Waals surface area contributed by atoms with E-state index in [0.717, 1.165) is 0 Å². The van der Waals surface area contributed by atoms with Crippen molar-refractivity contribution in [2.45, 2.75) is 0 Å². The van der Waals surface area contributed by atoms with Crippen LogP contribution in [0, 0.1) is 0 Å². The van der Waals surface area contributed by atoms with Crippen LogP contribution in [0.3, 0.4) is 0 Å². The van der Waals surface area contributed by atoms with Gasteiger partial charge in [0, 0.05) is 0 Å². The standard InChI is InChI=1S/C14H12.C10H8/c1-2-12-8-6-7-11-14(12)13-9-4-3-5-10-13;1-2-6-10-8-4-3-7-9(10)5-1/h2-11H,1H2;1-8H. The molecule has 0 unspecified atom stereocenters. The van der Waals surface area contributed by atoms with Crippen molar-refractivity contribution in [3.05, 3.63) is 115 Å². The van der Waals surface area contributed by atoms with Gasteiger partial charge < -0.3 is 0 Å². The van der Waals surface area contributed by atoms with Gasteiger partial charge >= 0.3 is 0 Å². The van der Waals surface area contributed by atoms with Crippen molar-refractivity contribution in [2.24, 2.45) is 0 Å². The molecular formula is C24H20. The highest BCUT2D eigenvalue weighted by Gasteiger charge is 1.99. The summed E-state index contributed by atoms with van der Waals surface area (Å²) in [6, 6.07) is 35.3. The van der Waals surface area contributed by atoms with E-state index in [9.17, 15) is 0 Å². The fourth-order valence-electron chi connectivity index (χ4n) is 2.69. The molecule has 0 saturated carbocycles. The Bertz CT molecular complexity index is 855. The van der Waals surface area contributed by atoms with Gasteiger partial charge in [0.1, 0.15) is 0 Å². The first-order valence-corrected chi connectivity index (χ1v) is 8.09. The fourth-order valence-corrected chi connectivity index (χ4v) is 2.69. The number of fused-ring (bicyclic) bond motifs is 1. The Kier molecular flexibility index (Phi) is 5.21. The third-order valence-corrected chi connectivity index (χ3v) is 3.92. The van der Waals surface area contributed by atoms with Gasteiger partial charge in [0.25, 0.3) is 0 Å². The molecule has 0 heterocycles. The highest BCUT2D eigenvalue weighted by molar-refractivity contribution is 5.82. The van der Waals surface area contributed by atoms with E-state index >= 15 is 0 Å². The maximum atomic E-state index is 3.82. The van der Waals surface area contributed by atoms with Crippen LogP contribution in [-0.2, 0) is 0 Å². The second kappa shape index (κ2) is 7.94. The van der Waals surface area contributed by atoms with Crippen molar-refractivity contribution in [3.8, 4) is 11.1 Å². The van der Waals surface area contributed by atoms with Crippen LogP contribution in [0.4, 0.5) is 0 Å². The van der Waals surface area contributed by atoms with Crippen LogP contribution >= 0.6 is 0 Å². The molecule has 0 nitrogen and oxygen atoms in total. The lowest BCUT2D eigenvalue weighted by Crippen LogP contribution is -1.81. The normalized spacial score (nSPS) is 9.83. The van der Waals surface area contributed by atoms with Crippen LogP contribution in [0.25, 0.3) is 28.0 Å². The van der Waals surface area contributed by atoms with Gasteiger partial charge in [-0.2, -0.15) is 0 Å². The van der Waals surface area contributed by atoms with E-state index in [1.807, 2.05) is 18.2 Å². The zero-order chi connectivity index (χ0) is 16.6. The van der Waals surface area contributed by atoms with Crippen molar-refractivity contribution in [1.29, 1.82) is 0 Å². The zero-order valence-electron chi connectivity index (χ0n) is 13.6. The van der Waals surface area contributed by atoms with Gasteiger partial charge in [-0.3, -0.25) is 0 Å². The lowest BCUT2D eigenvalue weighted by molar-refractivity contribution is 1.59. The molecule has 0 N–H and O–H groups in total. The smallest absolute Gasteiger partial charge is 0.0112 e. The van der Waals surface area contributed by atoms with Gasteiger partial charge in [-0.1, -0.05) is 116 Å². The summed E-state index contributed by atoms with van der Waals surface area (Å²) in [7, 11) is 0. The van der Waals surface area contributed by atoms with Crippen LogP contribution in [-0.4, -0.2) is 0 Å². The quantitative estimate of drug-likeness (QED) is 0.380. The van der Waals surface area contributed by atoms with Crippen molar-refractivity contribution >= 4 is 16.8 Å². The number of rotatable bonds is 2. The molecule has 0 radical (unpaired) electrons. The Hall–Kier alpha value is -3.12. The van der Waals surface area contributed by atoms with E-state index in [4.69, 9.17) is 0 Å². The molecule has 0 spiro atoms. The maximum Gasteiger partial charge on any atom is -0.0112 e. The van der Waals surface area contributed by atoms with Crippen LogP contribution in [0.15, 0.2) is 110 Å². The molecule has 0 saturated heterocycles. The zero-order valence-corrected chi connectivity index (χ0v) is 13.6. The molecule has 4 rings (SSSR count). The first-order chi connectivity index (χ1) is 11.9. The average Bonchev–Trinajstić information content (AvgIpc) is 2.69.